The summed E-state index contributed by atoms with van der Waals surface area (Å²) in [5.74, 6) is -4.71. The largest absolute Gasteiger partial charge is 0.342 e. The number of fused-ring (bicyclic) bond motifs is 1. The summed E-state index contributed by atoms with van der Waals surface area (Å²) >= 11 is 0. The van der Waals surface area contributed by atoms with Crippen molar-refractivity contribution < 1.29 is 31.9 Å². The molecule has 3 aliphatic rings. The fourth-order valence-corrected chi connectivity index (χ4v) is 4.91. The standard InChI is InChI=1S/C22H19F4N3O3/c23-13-9-12(10-14(24)11-13)17-3-4-18-29(17)21(31)22(32-18)5-7-28(8-6-22)20(30)16-2-1-15(25)19(26)27-16/h1-2,9-11,17-18H,3-8H2. The number of nitrogens with zero attached hydrogens (tertiary/aromatic N) is 3. The molecule has 168 valence electrons. The number of likely N-dealkylation sites (tertiary alicyclic amines) is 1. The molecule has 10 heteroatoms. The molecule has 5 rings (SSSR count). The van der Waals surface area contributed by atoms with Gasteiger partial charge in [0.1, 0.15) is 23.6 Å². The summed E-state index contributed by atoms with van der Waals surface area (Å²) in [4.78, 5) is 32.3. The predicted octanol–water partition coefficient (Wildman–Crippen LogP) is 3.33. The van der Waals surface area contributed by atoms with E-state index in [1.54, 1.807) is 4.90 Å². The molecule has 1 spiro atoms. The number of rotatable bonds is 2. The van der Waals surface area contributed by atoms with Crippen molar-refractivity contribution in [2.24, 2.45) is 0 Å². The first-order valence-corrected chi connectivity index (χ1v) is 10.4. The monoisotopic (exact) mass is 449 g/mol. The van der Waals surface area contributed by atoms with Gasteiger partial charge < -0.3 is 14.5 Å². The lowest BCUT2D eigenvalue weighted by Gasteiger charge is -2.37. The van der Waals surface area contributed by atoms with Crippen molar-refractivity contribution in [3.05, 3.63) is 65.0 Å². The van der Waals surface area contributed by atoms with Crippen molar-refractivity contribution in [3.8, 4) is 0 Å². The highest BCUT2D eigenvalue weighted by Crippen LogP contribution is 2.47. The number of benzene rings is 1. The van der Waals surface area contributed by atoms with E-state index in [4.69, 9.17) is 4.74 Å². The average molecular weight is 449 g/mol. The minimum Gasteiger partial charge on any atom is -0.342 e. The number of carbonyl (C=O) groups excluding carboxylic acids is 2. The first-order chi connectivity index (χ1) is 15.3. The summed E-state index contributed by atoms with van der Waals surface area (Å²) in [6.07, 6.45) is 1.02. The highest BCUT2D eigenvalue weighted by atomic mass is 19.2. The zero-order valence-electron chi connectivity index (χ0n) is 16.9. The van der Waals surface area contributed by atoms with Crippen molar-refractivity contribution in [2.75, 3.05) is 13.1 Å². The van der Waals surface area contributed by atoms with Crippen molar-refractivity contribution in [1.82, 2.24) is 14.8 Å². The number of aromatic nitrogens is 1. The van der Waals surface area contributed by atoms with Crippen LogP contribution in [0, 0.1) is 23.4 Å². The number of carbonyl (C=O) groups is 2. The summed E-state index contributed by atoms with van der Waals surface area (Å²) in [7, 11) is 0. The van der Waals surface area contributed by atoms with E-state index in [1.807, 2.05) is 0 Å². The first kappa shape index (κ1) is 20.9. The Morgan fingerprint density at radius 1 is 1.03 bits per heavy atom. The number of piperidine rings is 1. The van der Waals surface area contributed by atoms with Crippen molar-refractivity contribution in [3.63, 3.8) is 0 Å². The third-order valence-electron chi connectivity index (χ3n) is 6.47. The second-order valence-electron chi connectivity index (χ2n) is 8.34. The Balaban J connectivity index is 1.31. The molecule has 2 unspecified atom stereocenters. The summed E-state index contributed by atoms with van der Waals surface area (Å²) in [6, 6.07) is 4.71. The molecular formula is C22H19F4N3O3. The fraction of sp³-hybridized carbons (Fsp3) is 0.409. The van der Waals surface area contributed by atoms with Crippen LogP contribution in [0.3, 0.4) is 0 Å². The Morgan fingerprint density at radius 2 is 1.72 bits per heavy atom. The van der Waals surface area contributed by atoms with Gasteiger partial charge in [-0.1, -0.05) is 0 Å². The third-order valence-corrected chi connectivity index (χ3v) is 6.47. The Kier molecular flexibility index (Phi) is 4.92. The van der Waals surface area contributed by atoms with Gasteiger partial charge in [0.25, 0.3) is 11.8 Å². The van der Waals surface area contributed by atoms with Gasteiger partial charge in [0, 0.05) is 32.0 Å². The molecule has 32 heavy (non-hydrogen) atoms. The Morgan fingerprint density at radius 3 is 2.38 bits per heavy atom. The third kappa shape index (κ3) is 3.33. The van der Waals surface area contributed by atoms with Crippen LogP contribution in [0.2, 0.25) is 0 Å². The molecule has 4 heterocycles. The number of amides is 2. The van der Waals surface area contributed by atoms with Gasteiger partial charge in [-0.2, -0.15) is 4.39 Å². The van der Waals surface area contributed by atoms with Crippen molar-refractivity contribution >= 4 is 11.8 Å². The Bertz CT molecular complexity index is 1080. The number of hydrogen-bond acceptors (Lipinski definition) is 4. The van der Waals surface area contributed by atoms with E-state index in [9.17, 15) is 27.2 Å². The Hall–Kier alpha value is -3.01. The van der Waals surface area contributed by atoms with E-state index in [0.717, 1.165) is 18.2 Å². The maximum atomic E-state index is 13.7. The molecule has 0 aliphatic carbocycles. The van der Waals surface area contributed by atoms with Crippen LogP contribution in [0.25, 0.3) is 0 Å². The van der Waals surface area contributed by atoms with Crippen LogP contribution in [0.1, 0.15) is 47.8 Å². The van der Waals surface area contributed by atoms with E-state index in [1.165, 1.54) is 17.0 Å². The maximum Gasteiger partial charge on any atom is 0.272 e. The Labute approximate surface area is 180 Å². The van der Waals surface area contributed by atoms with E-state index >= 15 is 0 Å². The molecule has 6 nitrogen and oxygen atoms in total. The van der Waals surface area contributed by atoms with Crippen molar-refractivity contribution in [1.29, 1.82) is 0 Å². The fourth-order valence-electron chi connectivity index (χ4n) is 4.91. The van der Waals surface area contributed by atoms with Gasteiger partial charge >= 0.3 is 0 Å². The number of pyridine rings is 1. The molecule has 0 N–H and O–H groups in total. The molecule has 3 aliphatic heterocycles. The SMILES string of the molecule is O=C(c1ccc(F)c(F)n1)N1CCC2(CC1)OC1CCC(c3cc(F)cc(F)c3)N1C2=O. The van der Waals surface area contributed by atoms with E-state index < -0.39 is 47.2 Å². The second kappa shape index (κ2) is 7.54. The molecule has 3 fully saturated rings. The summed E-state index contributed by atoms with van der Waals surface area (Å²) in [6.45, 7) is 0.343. The van der Waals surface area contributed by atoms with Gasteiger partial charge in [0.15, 0.2) is 11.4 Å². The zero-order chi connectivity index (χ0) is 22.6. The van der Waals surface area contributed by atoms with E-state index in [0.29, 0.717) is 18.4 Å². The van der Waals surface area contributed by atoms with Gasteiger partial charge in [-0.3, -0.25) is 9.59 Å². The summed E-state index contributed by atoms with van der Waals surface area (Å²) < 4.78 is 60.0. The topological polar surface area (TPSA) is 62.7 Å². The number of ether oxygens (including phenoxy) is 1. The average Bonchev–Trinajstić information content (AvgIpc) is 3.28. The lowest BCUT2D eigenvalue weighted by molar-refractivity contribution is -0.142. The highest BCUT2D eigenvalue weighted by Gasteiger charge is 2.58. The second-order valence-corrected chi connectivity index (χ2v) is 8.34. The van der Waals surface area contributed by atoms with Gasteiger partial charge in [0.2, 0.25) is 5.95 Å². The lowest BCUT2D eigenvalue weighted by Crippen LogP contribution is -2.51. The minimum atomic E-state index is -1.35. The van der Waals surface area contributed by atoms with Crippen molar-refractivity contribution in [2.45, 2.75) is 43.6 Å². The van der Waals surface area contributed by atoms with Gasteiger partial charge in [0.05, 0.1) is 6.04 Å². The first-order valence-electron chi connectivity index (χ1n) is 10.4. The minimum absolute atomic E-state index is 0.172. The van der Waals surface area contributed by atoms with Crippen LogP contribution in [0.5, 0.6) is 0 Å². The molecule has 2 amide bonds. The normalized spacial score (nSPS) is 24.3. The molecular weight excluding hydrogens is 430 g/mol. The van der Waals surface area contributed by atoms with Crippen LogP contribution in [0.15, 0.2) is 30.3 Å². The van der Waals surface area contributed by atoms with E-state index in [-0.39, 0.29) is 37.5 Å². The molecule has 2 aromatic rings. The summed E-state index contributed by atoms with van der Waals surface area (Å²) in [5.41, 5.74) is -0.948. The quantitative estimate of drug-likeness (QED) is 0.521. The summed E-state index contributed by atoms with van der Waals surface area (Å²) in [5, 5.41) is 0. The van der Waals surface area contributed by atoms with Crippen LogP contribution in [0.4, 0.5) is 17.6 Å². The highest BCUT2D eigenvalue weighted by molar-refractivity contribution is 5.93. The van der Waals surface area contributed by atoms with Crippen LogP contribution >= 0.6 is 0 Å². The van der Waals surface area contributed by atoms with Gasteiger partial charge in [-0.25, -0.2) is 18.2 Å². The molecule has 2 atom stereocenters. The van der Waals surface area contributed by atoms with Gasteiger partial charge in [-0.05, 0) is 42.7 Å². The molecule has 3 saturated heterocycles. The zero-order valence-corrected chi connectivity index (χ0v) is 16.9. The predicted molar refractivity (Wildman–Crippen MR) is 102 cm³/mol. The van der Waals surface area contributed by atoms with Crippen LogP contribution < -0.4 is 0 Å². The number of hydrogen-bond donors (Lipinski definition) is 0. The smallest absolute Gasteiger partial charge is 0.272 e. The number of halogens is 4. The lowest BCUT2D eigenvalue weighted by atomic mass is 9.89. The van der Waals surface area contributed by atoms with Crippen LogP contribution in [-0.4, -0.2) is 51.5 Å². The van der Waals surface area contributed by atoms with Crippen LogP contribution in [-0.2, 0) is 9.53 Å². The molecule has 0 radical (unpaired) electrons. The maximum absolute atomic E-state index is 13.7. The molecule has 1 aromatic heterocycles. The van der Waals surface area contributed by atoms with Gasteiger partial charge in [-0.15, -0.1) is 0 Å². The van der Waals surface area contributed by atoms with E-state index in [2.05, 4.69) is 4.98 Å². The molecule has 0 saturated carbocycles. The molecule has 0 bridgehead atoms. The molecule has 1 aromatic carbocycles.